The topological polar surface area (TPSA) is 55.5 Å². The van der Waals surface area contributed by atoms with Crippen molar-refractivity contribution in [2.45, 2.75) is 45.7 Å². The molecule has 0 radical (unpaired) electrons. The minimum absolute atomic E-state index is 0. The number of nitrogens with two attached hydrogens (primary N) is 1. The first-order valence-electron chi connectivity index (χ1n) is 6.29. The monoisotopic (exact) mass is 327 g/mol. The lowest BCUT2D eigenvalue weighted by Gasteiger charge is -2.29. The summed E-state index contributed by atoms with van der Waals surface area (Å²) in [6.45, 7) is 5.72. The van der Waals surface area contributed by atoms with Gasteiger partial charge in [-0.25, -0.2) is 0 Å². The molecule has 0 amide bonds. The number of para-hydroxylation sites is 1. The Morgan fingerprint density at radius 3 is 2.19 bits per heavy atom. The highest BCUT2D eigenvalue weighted by Crippen LogP contribution is 2.34. The Morgan fingerprint density at radius 2 is 1.71 bits per heavy atom. The first kappa shape index (κ1) is 20.0. The standard InChI is InChI=1S/C14H20F3NO2.ClH/c1-13(2,3)12(18)8-10(19)9-6-4-5-7-11(9)20-14(15,16)17;/h4-7,10,12,19H,8,18H2,1-3H3;1H/t10-,12+;/m0./s1. The zero-order valence-electron chi connectivity index (χ0n) is 12.1. The molecule has 1 aromatic rings. The molecule has 2 atom stereocenters. The van der Waals surface area contributed by atoms with E-state index in [1.807, 2.05) is 20.8 Å². The third-order valence-corrected chi connectivity index (χ3v) is 3.09. The van der Waals surface area contributed by atoms with E-state index in [1.54, 1.807) is 6.07 Å². The minimum Gasteiger partial charge on any atom is -0.405 e. The fourth-order valence-electron chi connectivity index (χ4n) is 1.69. The van der Waals surface area contributed by atoms with E-state index in [1.165, 1.54) is 18.2 Å². The molecule has 0 aliphatic heterocycles. The molecule has 3 N–H and O–H groups in total. The van der Waals surface area contributed by atoms with Crippen molar-refractivity contribution in [3.05, 3.63) is 29.8 Å². The third kappa shape index (κ3) is 6.54. The maximum Gasteiger partial charge on any atom is 0.573 e. The van der Waals surface area contributed by atoms with Crippen LogP contribution in [0.2, 0.25) is 0 Å². The van der Waals surface area contributed by atoms with Crippen molar-refractivity contribution in [2.75, 3.05) is 0 Å². The van der Waals surface area contributed by atoms with Crippen LogP contribution in [0.1, 0.15) is 38.9 Å². The molecule has 0 unspecified atom stereocenters. The smallest absolute Gasteiger partial charge is 0.405 e. The van der Waals surface area contributed by atoms with Gasteiger partial charge in [-0.05, 0) is 17.9 Å². The van der Waals surface area contributed by atoms with Crippen LogP contribution in [0.25, 0.3) is 0 Å². The molecular weight excluding hydrogens is 307 g/mol. The largest absolute Gasteiger partial charge is 0.573 e. The summed E-state index contributed by atoms with van der Waals surface area (Å²) in [5.74, 6) is -0.395. The summed E-state index contributed by atoms with van der Waals surface area (Å²) in [6, 6.07) is 5.19. The van der Waals surface area contributed by atoms with E-state index in [2.05, 4.69) is 4.74 Å². The Morgan fingerprint density at radius 1 is 1.19 bits per heavy atom. The lowest BCUT2D eigenvalue weighted by Crippen LogP contribution is -2.36. The Labute approximate surface area is 128 Å². The summed E-state index contributed by atoms with van der Waals surface area (Å²) in [7, 11) is 0. The van der Waals surface area contributed by atoms with Gasteiger partial charge in [-0.2, -0.15) is 0 Å². The number of rotatable bonds is 4. The van der Waals surface area contributed by atoms with Gasteiger partial charge >= 0.3 is 6.36 Å². The van der Waals surface area contributed by atoms with Crippen LogP contribution < -0.4 is 10.5 Å². The van der Waals surface area contributed by atoms with Gasteiger partial charge in [0.2, 0.25) is 0 Å². The summed E-state index contributed by atoms with van der Waals surface area (Å²) >= 11 is 0. The molecule has 0 aliphatic rings. The van der Waals surface area contributed by atoms with Crippen LogP contribution in [0.4, 0.5) is 13.2 Å². The highest BCUT2D eigenvalue weighted by atomic mass is 35.5. The number of benzene rings is 1. The van der Waals surface area contributed by atoms with Gasteiger partial charge < -0.3 is 15.6 Å². The van der Waals surface area contributed by atoms with Crippen LogP contribution in [0, 0.1) is 5.41 Å². The fraction of sp³-hybridized carbons (Fsp3) is 0.571. The number of hydrogen-bond donors (Lipinski definition) is 2. The molecule has 0 saturated carbocycles. The van der Waals surface area contributed by atoms with Crippen molar-refractivity contribution in [1.29, 1.82) is 0 Å². The van der Waals surface area contributed by atoms with E-state index < -0.39 is 18.2 Å². The molecule has 0 fully saturated rings. The molecule has 1 rings (SSSR count). The van der Waals surface area contributed by atoms with Crippen molar-refractivity contribution >= 4 is 12.4 Å². The van der Waals surface area contributed by atoms with E-state index in [0.29, 0.717) is 0 Å². The van der Waals surface area contributed by atoms with Crippen molar-refractivity contribution in [1.82, 2.24) is 0 Å². The molecule has 122 valence electrons. The Hall–Kier alpha value is -0.980. The van der Waals surface area contributed by atoms with Gasteiger partial charge in [-0.15, -0.1) is 25.6 Å². The molecule has 0 spiro atoms. The average Bonchev–Trinajstić information content (AvgIpc) is 2.25. The Balaban J connectivity index is 0.00000400. The number of ether oxygens (including phenoxy) is 1. The van der Waals surface area contributed by atoms with E-state index in [0.717, 1.165) is 0 Å². The molecule has 0 heterocycles. The normalized spacial score (nSPS) is 15.0. The van der Waals surface area contributed by atoms with Crippen LogP contribution in [0.3, 0.4) is 0 Å². The quantitative estimate of drug-likeness (QED) is 0.884. The highest BCUT2D eigenvalue weighted by Gasteiger charge is 2.33. The molecule has 0 saturated heterocycles. The SMILES string of the molecule is CC(C)(C)[C@H](N)C[C@H](O)c1ccccc1OC(F)(F)F.Cl. The number of aliphatic hydroxyl groups is 1. The fourth-order valence-corrected chi connectivity index (χ4v) is 1.69. The number of hydrogen-bond acceptors (Lipinski definition) is 3. The lowest BCUT2D eigenvalue weighted by atomic mass is 9.83. The predicted octanol–water partition coefficient (Wildman–Crippen LogP) is 3.80. The molecule has 1 aromatic carbocycles. The minimum atomic E-state index is -4.79. The first-order valence-corrected chi connectivity index (χ1v) is 6.29. The zero-order valence-corrected chi connectivity index (χ0v) is 13.0. The van der Waals surface area contributed by atoms with Gasteiger partial charge in [0.1, 0.15) is 5.75 Å². The summed E-state index contributed by atoms with van der Waals surface area (Å²) in [5, 5.41) is 10.1. The van der Waals surface area contributed by atoms with Crippen LogP contribution in [-0.2, 0) is 0 Å². The summed E-state index contributed by atoms with van der Waals surface area (Å²) in [4.78, 5) is 0. The molecule has 21 heavy (non-hydrogen) atoms. The molecule has 0 aromatic heterocycles. The molecule has 3 nitrogen and oxygen atoms in total. The second-order valence-electron chi connectivity index (χ2n) is 5.81. The molecule has 0 bridgehead atoms. The maximum absolute atomic E-state index is 12.3. The van der Waals surface area contributed by atoms with Crippen molar-refractivity contribution in [3.8, 4) is 5.75 Å². The van der Waals surface area contributed by atoms with Gasteiger partial charge in [0, 0.05) is 11.6 Å². The average molecular weight is 328 g/mol. The van der Waals surface area contributed by atoms with Crippen LogP contribution in [0.15, 0.2) is 24.3 Å². The van der Waals surface area contributed by atoms with Gasteiger partial charge in [0.05, 0.1) is 6.10 Å². The lowest BCUT2D eigenvalue weighted by molar-refractivity contribution is -0.275. The Bertz CT molecular complexity index is 447. The van der Waals surface area contributed by atoms with E-state index in [-0.39, 0.29) is 35.8 Å². The van der Waals surface area contributed by atoms with E-state index >= 15 is 0 Å². The predicted molar refractivity (Wildman–Crippen MR) is 77.4 cm³/mol. The number of aliphatic hydroxyl groups excluding tert-OH is 1. The molecular formula is C14H21ClF3NO2. The highest BCUT2D eigenvalue weighted by molar-refractivity contribution is 5.85. The summed E-state index contributed by atoms with van der Waals surface area (Å²) in [6.07, 6.45) is -5.74. The Kier molecular flexibility index (Phi) is 6.99. The van der Waals surface area contributed by atoms with Gasteiger partial charge in [0.15, 0.2) is 0 Å². The van der Waals surface area contributed by atoms with Crippen molar-refractivity contribution < 1.29 is 23.0 Å². The number of alkyl halides is 3. The first-order chi connectivity index (χ1) is 9.00. The number of halogens is 4. The third-order valence-electron chi connectivity index (χ3n) is 3.09. The summed E-state index contributed by atoms with van der Waals surface area (Å²) in [5.41, 5.74) is 5.78. The van der Waals surface area contributed by atoms with Gasteiger partial charge in [-0.3, -0.25) is 0 Å². The molecule has 7 heteroatoms. The van der Waals surface area contributed by atoms with Gasteiger partial charge in [0.25, 0.3) is 0 Å². The molecule has 0 aliphatic carbocycles. The van der Waals surface area contributed by atoms with Crippen LogP contribution >= 0.6 is 12.4 Å². The van der Waals surface area contributed by atoms with E-state index in [9.17, 15) is 18.3 Å². The van der Waals surface area contributed by atoms with Crippen molar-refractivity contribution in [2.24, 2.45) is 11.1 Å². The second kappa shape index (κ2) is 7.33. The van der Waals surface area contributed by atoms with Crippen LogP contribution in [-0.4, -0.2) is 17.5 Å². The van der Waals surface area contributed by atoms with Crippen molar-refractivity contribution in [3.63, 3.8) is 0 Å². The summed E-state index contributed by atoms with van der Waals surface area (Å²) < 4.78 is 40.8. The van der Waals surface area contributed by atoms with E-state index in [4.69, 9.17) is 5.73 Å². The second-order valence-corrected chi connectivity index (χ2v) is 5.81. The van der Waals surface area contributed by atoms with Gasteiger partial charge in [-0.1, -0.05) is 39.0 Å². The van der Waals surface area contributed by atoms with Crippen LogP contribution in [0.5, 0.6) is 5.75 Å². The zero-order chi connectivity index (χ0) is 15.6. The maximum atomic E-state index is 12.3.